The summed E-state index contributed by atoms with van der Waals surface area (Å²) in [7, 11) is 0. The SMILES string of the molecule is CC1(CC(C)(C)C(=O)NCCO)CC1. The summed E-state index contributed by atoms with van der Waals surface area (Å²) in [5, 5.41) is 11.3. The Labute approximate surface area is 85.9 Å². The second kappa shape index (κ2) is 3.89. The molecule has 0 bridgehead atoms. The van der Waals surface area contributed by atoms with Gasteiger partial charge in [0.25, 0.3) is 0 Å². The molecule has 1 aliphatic carbocycles. The molecular weight excluding hydrogens is 178 g/mol. The minimum Gasteiger partial charge on any atom is -0.395 e. The molecule has 1 saturated carbocycles. The van der Waals surface area contributed by atoms with E-state index < -0.39 is 0 Å². The predicted molar refractivity (Wildman–Crippen MR) is 55.8 cm³/mol. The second-order valence-corrected chi connectivity index (χ2v) is 5.35. The number of hydrogen-bond acceptors (Lipinski definition) is 2. The number of nitrogens with one attached hydrogen (secondary N) is 1. The van der Waals surface area contributed by atoms with E-state index in [2.05, 4.69) is 12.2 Å². The van der Waals surface area contributed by atoms with Crippen LogP contribution in [0.2, 0.25) is 0 Å². The molecule has 0 aromatic rings. The molecule has 1 rings (SSSR count). The van der Waals surface area contributed by atoms with Crippen LogP contribution in [0.4, 0.5) is 0 Å². The van der Waals surface area contributed by atoms with Crippen LogP contribution in [0.5, 0.6) is 0 Å². The van der Waals surface area contributed by atoms with Crippen LogP contribution in [-0.4, -0.2) is 24.2 Å². The third-order valence-corrected chi connectivity index (χ3v) is 2.98. The Morgan fingerprint density at radius 2 is 2.07 bits per heavy atom. The van der Waals surface area contributed by atoms with Crippen molar-refractivity contribution < 1.29 is 9.90 Å². The van der Waals surface area contributed by atoms with Crippen LogP contribution in [0.1, 0.15) is 40.0 Å². The largest absolute Gasteiger partial charge is 0.395 e. The second-order valence-electron chi connectivity index (χ2n) is 5.35. The summed E-state index contributed by atoms with van der Waals surface area (Å²) in [6, 6.07) is 0. The summed E-state index contributed by atoms with van der Waals surface area (Å²) in [4.78, 5) is 11.7. The van der Waals surface area contributed by atoms with Crippen molar-refractivity contribution in [2.24, 2.45) is 10.8 Å². The van der Waals surface area contributed by atoms with E-state index in [1.165, 1.54) is 12.8 Å². The summed E-state index contributed by atoms with van der Waals surface area (Å²) < 4.78 is 0. The first-order chi connectivity index (χ1) is 6.40. The van der Waals surface area contributed by atoms with Crippen LogP contribution in [0.15, 0.2) is 0 Å². The van der Waals surface area contributed by atoms with Crippen molar-refractivity contribution in [3.05, 3.63) is 0 Å². The van der Waals surface area contributed by atoms with Crippen LogP contribution in [0.25, 0.3) is 0 Å². The topological polar surface area (TPSA) is 49.3 Å². The first-order valence-electron chi connectivity index (χ1n) is 5.29. The number of amides is 1. The van der Waals surface area contributed by atoms with E-state index in [1.54, 1.807) is 0 Å². The van der Waals surface area contributed by atoms with Gasteiger partial charge in [0, 0.05) is 12.0 Å². The lowest BCUT2D eigenvalue weighted by molar-refractivity contribution is -0.130. The maximum atomic E-state index is 11.7. The van der Waals surface area contributed by atoms with Gasteiger partial charge in [0.2, 0.25) is 5.91 Å². The number of rotatable bonds is 5. The summed E-state index contributed by atoms with van der Waals surface area (Å²) in [5.74, 6) is 0.0553. The van der Waals surface area contributed by atoms with Crippen molar-refractivity contribution in [1.29, 1.82) is 0 Å². The first-order valence-corrected chi connectivity index (χ1v) is 5.29. The van der Waals surface area contributed by atoms with E-state index in [4.69, 9.17) is 5.11 Å². The zero-order valence-electron chi connectivity index (χ0n) is 9.39. The van der Waals surface area contributed by atoms with Crippen LogP contribution >= 0.6 is 0 Å². The van der Waals surface area contributed by atoms with Crippen LogP contribution < -0.4 is 5.32 Å². The molecule has 0 aliphatic heterocycles. The first kappa shape index (κ1) is 11.5. The average molecular weight is 199 g/mol. The van der Waals surface area contributed by atoms with E-state index >= 15 is 0 Å². The monoisotopic (exact) mass is 199 g/mol. The zero-order valence-corrected chi connectivity index (χ0v) is 9.39. The van der Waals surface area contributed by atoms with Crippen LogP contribution in [0, 0.1) is 10.8 Å². The fourth-order valence-corrected chi connectivity index (χ4v) is 1.95. The van der Waals surface area contributed by atoms with Crippen LogP contribution in [-0.2, 0) is 4.79 Å². The Morgan fingerprint density at radius 3 is 2.50 bits per heavy atom. The van der Waals surface area contributed by atoms with E-state index in [9.17, 15) is 4.79 Å². The zero-order chi connectivity index (χ0) is 10.8. The summed E-state index contributed by atoms with van der Waals surface area (Å²) >= 11 is 0. The molecule has 0 aromatic carbocycles. The van der Waals surface area contributed by atoms with E-state index in [-0.39, 0.29) is 17.9 Å². The third-order valence-electron chi connectivity index (χ3n) is 2.98. The normalized spacial score (nSPS) is 19.1. The van der Waals surface area contributed by atoms with Gasteiger partial charge in [-0.2, -0.15) is 0 Å². The fourth-order valence-electron chi connectivity index (χ4n) is 1.95. The van der Waals surface area contributed by atoms with E-state index in [0.29, 0.717) is 12.0 Å². The highest BCUT2D eigenvalue weighted by Gasteiger charge is 2.44. The minimum absolute atomic E-state index is 0.0130. The molecule has 1 amide bonds. The van der Waals surface area contributed by atoms with Gasteiger partial charge in [0.1, 0.15) is 0 Å². The summed E-state index contributed by atoms with van der Waals surface area (Å²) in [5.41, 5.74) is 0.0838. The van der Waals surface area contributed by atoms with Crippen molar-refractivity contribution in [3.63, 3.8) is 0 Å². The predicted octanol–water partition coefficient (Wildman–Crippen LogP) is 1.31. The lowest BCUT2D eigenvalue weighted by Crippen LogP contribution is -2.39. The van der Waals surface area contributed by atoms with Gasteiger partial charge in [-0.25, -0.2) is 0 Å². The van der Waals surface area contributed by atoms with Crippen molar-refractivity contribution in [2.75, 3.05) is 13.2 Å². The molecule has 3 heteroatoms. The molecule has 0 radical (unpaired) electrons. The standard InChI is InChI=1S/C11H21NO2/c1-10(2,8-11(3)4-5-11)9(14)12-6-7-13/h13H,4-8H2,1-3H3,(H,12,14). The Morgan fingerprint density at radius 1 is 1.50 bits per heavy atom. The molecule has 0 spiro atoms. The Kier molecular flexibility index (Phi) is 3.20. The average Bonchev–Trinajstić information content (AvgIpc) is 2.77. The van der Waals surface area contributed by atoms with Crippen molar-refractivity contribution in [2.45, 2.75) is 40.0 Å². The summed E-state index contributed by atoms with van der Waals surface area (Å²) in [6.07, 6.45) is 3.42. The van der Waals surface area contributed by atoms with Gasteiger partial charge in [-0.05, 0) is 24.7 Å². The molecule has 1 fully saturated rings. The number of carbonyl (C=O) groups is 1. The summed E-state index contributed by atoms with van der Waals surface area (Å²) in [6.45, 7) is 6.55. The Balaban J connectivity index is 2.42. The molecule has 0 unspecified atom stereocenters. The molecule has 0 aromatic heterocycles. The number of aliphatic hydroxyl groups excluding tert-OH is 1. The molecule has 2 N–H and O–H groups in total. The third kappa shape index (κ3) is 2.98. The maximum absolute atomic E-state index is 11.7. The van der Waals surface area contributed by atoms with Gasteiger partial charge in [-0.1, -0.05) is 20.8 Å². The highest BCUT2D eigenvalue weighted by atomic mass is 16.3. The Hall–Kier alpha value is -0.570. The van der Waals surface area contributed by atoms with E-state index in [1.807, 2.05) is 13.8 Å². The van der Waals surface area contributed by atoms with Crippen molar-refractivity contribution >= 4 is 5.91 Å². The van der Waals surface area contributed by atoms with Crippen molar-refractivity contribution in [3.8, 4) is 0 Å². The molecule has 82 valence electrons. The lowest BCUT2D eigenvalue weighted by Gasteiger charge is -2.26. The smallest absolute Gasteiger partial charge is 0.225 e. The molecule has 1 aliphatic rings. The molecule has 3 nitrogen and oxygen atoms in total. The highest BCUT2D eigenvalue weighted by molar-refractivity contribution is 5.81. The van der Waals surface area contributed by atoms with Gasteiger partial charge in [-0.15, -0.1) is 0 Å². The Bertz CT molecular complexity index is 219. The fraction of sp³-hybridized carbons (Fsp3) is 0.909. The van der Waals surface area contributed by atoms with Gasteiger partial charge in [-0.3, -0.25) is 4.79 Å². The minimum atomic E-state index is -0.305. The van der Waals surface area contributed by atoms with Gasteiger partial charge in [0.15, 0.2) is 0 Å². The maximum Gasteiger partial charge on any atom is 0.225 e. The number of hydrogen-bond donors (Lipinski definition) is 2. The van der Waals surface area contributed by atoms with Gasteiger partial charge in [0.05, 0.1) is 6.61 Å². The quantitative estimate of drug-likeness (QED) is 0.701. The highest BCUT2D eigenvalue weighted by Crippen LogP contribution is 2.52. The molecule has 0 heterocycles. The van der Waals surface area contributed by atoms with Crippen LogP contribution in [0.3, 0.4) is 0 Å². The van der Waals surface area contributed by atoms with Gasteiger partial charge < -0.3 is 10.4 Å². The molecule has 14 heavy (non-hydrogen) atoms. The lowest BCUT2D eigenvalue weighted by atomic mass is 9.81. The number of carbonyl (C=O) groups excluding carboxylic acids is 1. The van der Waals surface area contributed by atoms with Gasteiger partial charge >= 0.3 is 0 Å². The molecule has 0 saturated heterocycles. The molecular formula is C11H21NO2. The molecule has 0 atom stereocenters. The number of aliphatic hydroxyl groups is 1. The van der Waals surface area contributed by atoms with Crippen molar-refractivity contribution in [1.82, 2.24) is 5.32 Å². The van der Waals surface area contributed by atoms with E-state index in [0.717, 1.165) is 6.42 Å².